The van der Waals surface area contributed by atoms with Gasteiger partial charge < -0.3 is 19.5 Å². The molecule has 0 spiro atoms. The summed E-state index contributed by atoms with van der Waals surface area (Å²) in [6.45, 7) is 8.63. The number of hydrogen-bond donors (Lipinski definition) is 1. The Morgan fingerprint density at radius 3 is 2.41 bits per heavy atom. The fourth-order valence-electron chi connectivity index (χ4n) is 2.88. The third kappa shape index (κ3) is 4.64. The molecule has 27 heavy (non-hydrogen) atoms. The first kappa shape index (κ1) is 18.9. The van der Waals surface area contributed by atoms with Gasteiger partial charge in [0.15, 0.2) is 5.76 Å². The molecule has 8 nitrogen and oxygen atoms in total. The summed E-state index contributed by atoms with van der Waals surface area (Å²) in [5.41, 5.74) is 1.12. The summed E-state index contributed by atoms with van der Waals surface area (Å²) in [6.07, 6.45) is 1.48. The molecule has 2 aromatic heterocycles. The second kappa shape index (κ2) is 8.20. The van der Waals surface area contributed by atoms with E-state index < -0.39 is 0 Å². The van der Waals surface area contributed by atoms with Crippen LogP contribution in [-0.4, -0.2) is 64.3 Å². The molecule has 1 saturated heterocycles. The van der Waals surface area contributed by atoms with Crippen LogP contribution in [0.25, 0.3) is 0 Å². The Morgan fingerprint density at radius 1 is 1.15 bits per heavy atom. The maximum Gasteiger partial charge on any atom is 0.289 e. The zero-order chi connectivity index (χ0) is 19.4. The number of nitrogens with zero attached hydrogens (tertiary/aromatic N) is 4. The van der Waals surface area contributed by atoms with Crippen LogP contribution >= 0.6 is 0 Å². The molecule has 0 bridgehead atoms. The van der Waals surface area contributed by atoms with Gasteiger partial charge in [0, 0.05) is 38.4 Å². The van der Waals surface area contributed by atoms with Gasteiger partial charge >= 0.3 is 0 Å². The van der Waals surface area contributed by atoms with Gasteiger partial charge in [-0.1, -0.05) is 13.8 Å². The lowest BCUT2D eigenvalue weighted by molar-refractivity contribution is 0.0515. The van der Waals surface area contributed by atoms with E-state index in [0.717, 1.165) is 12.2 Å². The van der Waals surface area contributed by atoms with Crippen molar-refractivity contribution in [2.24, 2.45) is 5.92 Å². The van der Waals surface area contributed by atoms with E-state index in [1.165, 1.54) is 6.26 Å². The topological polar surface area (TPSA) is 91.6 Å². The van der Waals surface area contributed by atoms with Crippen LogP contribution in [0.15, 0.2) is 28.9 Å². The van der Waals surface area contributed by atoms with Crippen LogP contribution in [0.5, 0.6) is 0 Å². The summed E-state index contributed by atoms with van der Waals surface area (Å²) in [4.78, 5) is 37.3. The lowest BCUT2D eigenvalue weighted by atomic mass is 10.2. The monoisotopic (exact) mass is 371 g/mol. The summed E-state index contributed by atoms with van der Waals surface area (Å²) in [5, 5.41) is 3.16. The zero-order valence-corrected chi connectivity index (χ0v) is 15.9. The van der Waals surface area contributed by atoms with Crippen LogP contribution in [0.4, 0.5) is 5.95 Å². The van der Waals surface area contributed by atoms with E-state index in [0.29, 0.717) is 49.5 Å². The Balaban J connectivity index is 1.63. The number of piperazine rings is 1. The minimum absolute atomic E-state index is 0.141. The number of furan rings is 1. The van der Waals surface area contributed by atoms with Crippen molar-refractivity contribution < 1.29 is 14.0 Å². The minimum atomic E-state index is -0.148. The number of carbonyl (C=O) groups excluding carboxylic acids is 2. The standard InChI is InChI=1S/C19H25N5O3/c1-13(2)12-20-19-21-14(3)11-15(22-19)17(25)23-6-8-24(9-7-23)18(26)16-5-4-10-27-16/h4-5,10-11,13H,6-9,12H2,1-3H3,(H,20,21,22). The van der Waals surface area contributed by atoms with Crippen molar-refractivity contribution in [3.8, 4) is 0 Å². The van der Waals surface area contributed by atoms with E-state index in [9.17, 15) is 9.59 Å². The maximum atomic E-state index is 12.8. The fourth-order valence-corrected chi connectivity index (χ4v) is 2.88. The van der Waals surface area contributed by atoms with Crippen molar-refractivity contribution in [3.63, 3.8) is 0 Å². The molecule has 0 unspecified atom stereocenters. The summed E-state index contributed by atoms with van der Waals surface area (Å²) in [5.74, 6) is 0.956. The van der Waals surface area contributed by atoms with Crippen molar-refractivity contribution in [2.75, 3.05) is 38.0 Å². The van der Waals surface area contributed by atoms with Gasteiger partial charge in [-0.05, 0) is 31.0 Å². The summed E-state index contributed by atoms with van der Waals surface area (Å²) in [7, 11) is 0. The number of rotatable bonds is 5. The first-order valence-corrected chi connectivity index (χ1v) is 9.15. The first-order chi connectivity index (χ1) is 12.9. The smallest absolute Gasteiger partial charge is 0.289 e. The molecule has 0 radical (unpaired) electrons. The van der Waals surface area contributed by atoms with Gasteiger partial charge in [-0.2, -0.15) is 0 Å². The molecule has 1 aliphatic rings. The Kier molecular flexibility index (Phi) is 5.73. The summed E-state index contributed by atoms with van der Waals surface area (Å²) < 4.78 is 5.16. The van der Waals surface area contributed by atoms with Gasteiger partial charge in [0.05, 0.1) is 6.26 Å². The zero-order valence-electron chi connectivity index (χ0n) is 15.9. The Labute approximate surface area is 158 Å². The van der Waals surface area contributed by atoms with Crippen molar-refractivity contribution in [3.05, 3.63) is 41.6 Å². The molecular weight excluding hydrogens is 346 g/mol. The van der Waals surface area contributed by atoms with E-state index in [4.69, 9.17) is 4.42 Å². The molecule has 2 amide bonds. The second-order valence-corrected chi connectivity index (χ2v) is 7.05. The largest absolute Gasteiger partial charge is 0.459 e. The number of hydrogen-bond acceptors (Lipinski definition) is 6. The van der Waals surface area contributed by atoms with Gasteiger partial charge in [0.25, 0.3) is 11.8 Å². The number of nitrogens with one attached hydrogen (secondary N) is 1. The minimum Gasteiger partial charge on any atom is -0.459 e. The van der Waals surface area contributed by atoms with Crippen molar-refractivity contribution in [2.45, 2.75) is 20.8 Å². The van der Waals surface area contributed by atoms with E-state index in [2.05, 4.69) is 29.1 Å². The maximum absolute atomic E-state index is 12.8. The summed E-state index contributed by atoms with van der Waals surface area (Å²) >= 11 is 0. The van der Waals surface area contributed by atoms with Crippen LogP contribution in [0.3, 0.4) is 0 Å². The van der Waals surface area contributed by atoms with Gasteiger partial charge in [-0.3, -0.25) is 9.59 Å². The van der Waals surface area contributed by atoms with Crippen LogP contribution in [0.1, 0.15) is 40.6 Å². The lowest BCUT2D eigenvalue weighted by Crippen LogP contribution is -2.50. The molecular formula is C19H25N5O3. The highest BCUT2D eigenvalue weighted by atomic mass is 16.3. The Hall–Kier alpha value is -2.90. The molecule has 8 heteroatoms. The summed E-state index contributed by atoms with van der Waals surface area (Å²) in [6, 6.07) is 5.04. The molecule has 0 aliphatic carbocycles. The average molecular weight is 371 g/mol. The van der Waals surface area contributed by atoms with Crippen LogP contribution in [0.2, 0.25) is 0 Å². The van der Waals surface area contributed by atoms with Gasteiger partial charge in [0.1, 0.15) is 5.69 Å². The molecule has 0 atom stereocenters. The highest BCUT2D eigenvalue weighted by Crippen LogP contribution is 2.13. The van der Waals surface area contributed by atoms with Crippen LogP contribution in [-0.2, 0) is 0 Å². The van der Waals surface area contributed by atoms with E-state index in [1.54, 1.807) is 28.0 Å². The number of aromatic nitrogens is 2. The Morgan fingerprint density at radius 2 is 1.81 bits per heavy atom. The number of amides is 2. The van der Waals surface area contributed by atoms with Crippen LogP contribution in [0, 0.1) is 12.8 Å². The molecule has 0 aromatic carbocycles. The first-order valence-electron chi connectivity index (χ1n) is 9.15. The lowest BCUT2D eigenvalue weighted by Gasteiger charge is -2.34. The molecule has 1 aliphatic heterocycles. The molecule has 3 heterocycles. The van der Waals surface area contributed by atoms with E-state index in [1.807, 2.05) is 6.92 Å². The highest BCUT2D eigenvalue weighted by Gasteiger charge is 2.27. The third-order valence-corrected chi connectivity index (χ3v) is 4.33. The molecule has 1 N–H and O–H groups in total. The van der Waals surface area contributed by atoms with Gasteiger partial charge in [-0.25, -0.2) is 9.97 Å². The van der Waals surface area contributed by atoms with Crippen molar-refractivity contribution in [1.82, 2.24) is 19.8 Å². The quantitative estimate of drug-likeness (QED) is 0.865. The van der Waals surface area contributed by atoms with Crippen molar-refractivity contribution in [1.29, 1.82) is 0 Å². The fraction of sp³-hybridized carbons (Fsp3) is 0.474. The van der Waals surface area contributed by atoms with E-state index in [-0.39, 0.29) is 11.8 Å². The number of aryl methyl sites for hydroxylation is 1. The molecule has 1 fully saturated rings. The van der Waals surface area contributed by atoms with E-state index >= 15 is 0 Å². The Bertz CT molecular complexity index is 796. The van der Waals surface area contributed by atoms with Gasteiger partial charge in [0.2, 0.25) is 5.95 Å². The third-order valence-electron chi connectivity index (χ3n) is 4.33. The number of anilines is 1. The van der Waals surface area contributed by atoms with Crippen LogP contribution < -0.4 is 5.32 Å². The highest BCUT2D eigenvalue weighted by molar-refractivity contribution is 5.94. The van der Waals surface area contributed by atoms with Gasteiger partial charge in [-0.15, -0.1) is 0 Å². The second-order valence-electron chi connectivity index (χ2n) is 7.05. The molecule has 2 aromatic rings. The molecule has 144 valence electrons. The molecule has 0 saturated carbocycles. The predicted octanol–water partition coefficient (Wildman–Crippen LogP) is 2.04. The predicted molar refractivity (Wildman–Crippen MR) is 101 cm³/mol. The SMILES string of the molecule is Cc1cc(C(=O)N2CCN(C(=O)c3ccco3)CC2)nc(NCC(C)C)n1. The average Bonchev–Trinajstić information content (AvgIpc) is 3.19. The number of carbonyl (C=O) groups is 2. The van der Waals surface area contributed by atoms with Crippen molar-refractivity contribution >= 4 is 17.8 Å². The molecule has 3 rings (SSSR count). The normalized spacial score (nSPS) is 14.5.